The number of hydrogen-bond donors (Lipinski definition) is 0. The quantitative estimate of drug-likeness (QED) is 0.804. The highest BCUT2D eigenvalue weighted by Gasteiger charge is 2.18. The van der Waals surface area contributed by atoms with Crippen LogP contribution in [-0.2, 0) is 0 Å². The number of rotatable bonds is 1. The van der Waals surface area contributed by atoms with Crippen molar-refractivity contribution < 1.29 is 0 Å². The number of nitrogens with zero attached hydrogens (tertiary/aromatic N) is 4. The highest BCUT2D eigenvalue weighted by molar-refractivity contribution is 9.10. The molecule has 2 aromatic rings. The van der Waals surface area contributed by atoms with Crippen molar-refractivity contribution in [3.05, 3.63) is 22.7 Å². The average molecular weight is 281 g/mol. The van der Waals surface area contributed by atoms with E-state index in [4.69, 9.17) is 0 Å². The Morgan fingerprint density at radius 2 is 2.06 bits per heavy atom. The van der Waals surface area contributed by atoms with E-state index in [0.29, 0.717) is 0 Å². The van der Waals surface area contributed by atoms with E-state index >= 15 is 0 Å². The zero-order chi connectivity index (χ0) is 11.1. The minimum absolute atomic E-state index is 0.953. The summed E-state index contributed by atoms with van der Waals surface area (Å²) >= 11 is 3.55. The Balaban J connectivity index is 2.20. The Morgan fingerprint density at radius 1 is 1.31 bits per heavy atom. The van der Waals surface area contributed by atoms with Gasteiger partial charge in [0.25, 0.3) is 0 Å². The maximum absolute atomic E-state index is 4.57. The molecule has 1 aliphatic rings. The third-order valence-corrected chi connectivity index (χ3v) is 3.99. The lowest BCUT2D eigenvalue weighted by atomic mass is 10.4. The van der Waals surface area contributed by atoms with Crippen LogP contribution in [0.3, 0.4) is 0 Å². The van der Waals surface area contributed by atoms with Gasteiger partial charge in [-0.25, -0.2) is 9.97 Å². The molecule has 0 unspecified atom stereocenters. The number of halogens is 1. The lowest BCUT2D eigenvalue weighted by molar-refractivity contribution is 0.926. The van der Waals surface area contributed by atoms with E-state index in [0.717, 1.165) is 34.9 Å². The summed E-state index contributed by atoms with van der Waals surface area (Å²) < 4.78 is 3.07. The second-order valence-electron chi connectivity index (χ2n) is 4.13. The summed E-state index contributed by atoms with van der Waals surface area (Å²) in [7, 11) is 0. The maximum atomic E-state index is 4.57. The van der Waals surface area contributed by atoms with E-state index < -0.39 is 0 Å². The summed E-state index contributed by atoms with van der Waals surface area (Å²) in [6, 6.07) is 0. The minimum Gasteiger partial charge on any atom is -0.354 e. The first-order valence-electron chi connectivity index (χ1n) is 5.51. The zero-order valence-corrected chi connectivity index (χ0v) is 10.7. The molecule has 0 aromatic carbocycles. The number of fused-ring (bicyclic) bond motifs is 1. The van der Waals surface area contributed by atoms with Gasteiger partial charge in [0.05, 0.1) is 5.69 Å². The molecule has 5 heteroatoms. The third-order valence-electron chi connectivity index (χ3n) is 3.03. The lowest BCUT2D eigenvalue weighted by Crippen LogP contribution is -2.19. The molecule has 1 saturated heterocycles. The van der Waals surface area contributed by atoms with Gasteiger partial charge in [-0.1, -0.05) is 0 Å². The molecule has 4 nitrogen and oxygen atoms in total. The van der Waals surface area contributed by atoms with E-state index in [9.17, 15) is 0 Å². The second kappa shape index (κ2) is 3.73. The van der Waals surface area contributed by atoms with Crippen molar-refractivity contribution in [1.82, 2.24) is 14.4 Å². The van der Waals surface area contributed by atoms with Crippen LogP contribution in [0.2, 0.25) is 0 Å². The van der Waals surface area contributed by atoms with Crippen LogP contribution in [0, 0.1) is 6.92 Å². The van der Waals surface area contributed by atoms with Crippen molar-refractivity contribution in [2.24, 2.45) is 0 Å². The minimum atomic E-state index is 0.953. The Labute approximate surface area is 102 Å². The Bertz CT molecular complexity index is 528. The van der Waals surface area contributed by atoms with E-state index in [2.05, 4.69) is 35.2 Å². The summed E-state index contributed by atoms with van der Waals surface area (Å²) in [5.41, 5.74) is 1.96. The topological polar surface area (TPSA) is 33.4 Å². The van der Waals surface area contributed by atoms with Crippen molar-refractivity contribution in [2.45, 2.75) is 19.8 Å². The van der Waals surface area contributed by atoms with Crippen LogP contribution < -0.4 is 4.90 Å². The SMILES string of the molecule is Cc1nc2c(N3CCCC3)nccn2c1Br. The van der Waals surface area contributed by atoms with Crippen LogP contribution in [0.25, 0.3) is 5.65 Å². The number of hydrogen-bond acceptors (Lipinski definition) is 3. The Hall–Kier alpha value is -1.10. The first-order chi connectivity index (χ1) is 7.77. The molecule has 0 radical (unpaired) electrons. The van der Waals surface area contributed by atoms with Crippen molar-refractivity contribution >= 4 is 27.4 Å². The van der Waals surface area contributed by atoms with Crippen molar-refractivity contribution in [3.63, 3.8) is 0 Å². The van der Waals surface area contributed by atoms with E-state index in [1.807, 2.05) is 19.3 Å². The second-order valence-corrected chi connectivity index (χ2v) is 4.88. The monoisotopic (exact) mass is 280 g/mol. The number of imidazole rings is 1. The van der Waals surface area contributed by atoms with E-state index in [1.54, 1.807) is 0 Å². The van der Waals surface area contributed by atoms with Gasteiger partial charge in [-0.15, -0.1) is 0 Å². The summed E-state index contributed by atoms with van der Waals surface area (Å²) in [6.07, 6.45) is 6.29. The fourth-order valence-corrected chi connectivity index (χ4v) is 2.58. The molecule has 0 N–H and O–H groups in total. The molecule has 0 bridgehead atoms. The van der Waals surface area contributed by atoms with E-state index in [-0.39, 0.29) is 0 Å². The van der Waals surface area contributed by atoms with Gasteiger partial charge in [0, 0.05) is 25.5 Å². The number of aromatic nitrogens is 3. The number of aryl methyl sites for hydroxylation is 1. The summed E-state index contributed by atoms with van der Waals surface area (Å²) in [6.45, 7) is 4.19. The fraction of sp³-hybridized carbons (Fsp3) is 0.455. The van der Waals surface area contributed by atoms with Crippen LogP contribution in [0.15, 0.2) is 17.0 Å². The number of anilines is 1. The first kappa shape index (κ1) is 10.1. The van der Waals surface area contributed by atoms with Crippen LogP contribution in [-0.4, -0.2) is 27.5 Å². The Kier molecular flexibility index (Phi) is 2.35. The maximum Gasteiger partial charge on any atom is 0.181 e. The molecule has 16 heavy (non-hydrogen) atoms. The van der Waals surface area contributed by atoms with Gasteiger partial charge in [-0.2, -0.15) is 0 Å². The van der Waals surface area contributed by atoms with Gasteiger partial charge in [0.1, 0.15) is 4.60 Å². The normalized spacial score (nSPS) is 16.2. The highest BCUT2D eigenvalue weighted by Crippen LogP contribution is 2.26. The average Bonchev–Trinajstić information content (AvgIpc) is 2.89. The van der Waals surface area contributed by atoms with Crippen LogP contribution in [0.4, 0.5) is 5.82 Å². The molecule has 1 aliphatic heterocycles. The largest absolute Gasteiger partial charge is 0.354 e. The molecule has 0 saturated carbocycles. The molecule has 0 amide bonds. The first-order valence-corrected chi connectivity index (χ1v) is 6.31. The van der Waals surface area contributed by atoms with Gasteiger partial charge < -0.3 is 4.90 Å². The van der Waals surface area contributed by atoms with Crippen LogP contribution in [0.1, 0.15) is 18.5 Å². The summed E-state index contributed by atoms with van der Waals surface area (Å²) in [5, 5.41) is 0. The third kappa shape index (κ3) is 1.42. The molecule has 0 spiro atoms. The molecular weight excluding hydrogens is 268 g/mol. The smallest absolute Gasteiger partial charge is 0.181 e. The van der Waals surface area contributed by atoms with Gasteiger partial charge in [0.15, 0.2) is 11.5 Å². The van der Waals surface area contributed by atoms with E-state index in [1.165, 1.54) is 12.8 Å². The molecule has 3 heterocycles. The van der Waals surface area contributed by atoms with Crippen molar-refractivity contribution in [3.8, 4) is 0 Å². The predicted octanol–water partition coefficient (Wildman–Crippen LogP) is 2.40. The Morgan fingerprint density at radius 3 is 2.81 bits per heavy atom. The molecule has 2 aromatic heterocycles. The van der Waals surface area contributed by atoms with Crippen LogP contribution >= 0.6 is 15.9 Å². The molecule has 0 aliphatic carbocycles. The van der Waals surface area contributed by atoms with Gasteiger partial charge in [0.2, 0.25) is 0 Å². The zero-order valence-electron chi connectivity index (χ0n) is 9.15. The molecule has 1 fully saturated rings. The van der Waals surface area contributed by atoms with Gasteiger partial charge in [-0.3, -0.25) is 4.40 Å². The summed E-state index contributed by atoms with van der Waals surface area (Å²) in [5.74, 6) is 1.01. The van der Waals surface area contributed by atoms with Crippen molar-refractivity contribution in [2.75, 3.05) is 18.0 Å². The lowest BCUT2D eigenvalue weighted by Gasteiger charge is -2.16. The molecule has 84 valence electrons. The fourth-order valence-electron chi connectivity index (χ4n) is 2.20. The standard InChI is InChI=1S/C11H13BrN4/c1-8-9(12)16-7-4-13-10(11(16)14-8)15-5-2-3-6-15/h4,7H,2-3,5-6H2,1H3. The van der Waals surface area contributed by atoms with Crippen molar-refractivity contribution in [1.29, 1.82) is 0 Å². The molecule has 3 rings (SSSR count). The van der Waals surface area contributed by atoms with Gasteiger partial charge in [-0.05, 0) is 35.7 Å². The van der Waals surface area contributed by atoms with Crippen LogP contribution in [0.5, 0.6) is 0 Å². The molecule has 0 atom stereocenters. The highest BCUT2D eigenvalue weighted by atomic mass is 79.9. The molecular formula is C11H13BrN4. The summed E-state index contributed by atoms with van der Waals surface area (Å²) in [4.78, 5) is 11.3. The predicted molar refractivity (Wildman–Crippen MR) is 66.9 cm³/mol. The van der Waals surface area contributed by atoms with Gasteiger partial charge >= 0.3 is 0 Å².